The molecule has 1 aromatic carbocycles. The zero-order valence-electron chi connectivity index (χ0n) is 11.2. The maximum absolute atomic E-state index is 11.8. The molecule has 0 spiro atoms. The second-order valence-corrected chi connectivity index (χ2v) is 4.77. The zero-order chi connectivity index (χ0) is 13.8. The molecule has 0 radical (unpaired) electrons. The number of anilines is 1. The number of nitrogens with zero attached hydrogens (tertiary/aromatic N) is 1. The summed E-state index contributed by atoms with van der Waals surface area (Å²) in [4.78, 5) is 25.0. The summed E-state index contributed by atoms with van der Waals surface area (Å²) in [7, 11) is 3.41. The molecule has 1 aliphatic rings. The first-order chi connectivity index (χ1) is 9.08. The molecule has 2 rings (SSSR count). The molecule has 1 heterocycles. The van der Waals surface area contributed by atoms with Crippen molar-refractivity contribution in [2.45, 2.75) is 18.9 Å². The number of ether oxygens (including phenoxy) is 1. The molecule has 0 bridgehead atoms. The number of amides is 2. The highest BCUT2D eigenvalue weighted by molar-refractivity contribution is 5.96. The Bertz CT molecular complexity index is 462. The molecule has 0 unspecified atom stereocenters. The number of hydrogen-bond donors (Lipinski definition) is 1. The van der Waals surface area contributed by atoms with Gasteiger partial charge in [-0.25, -0.2) is 0 Å². The van der Waals surface area contributed by atoms with Gasteiger partial charge in [-0.1, -0.05) is 0 Å². The standard InChI is InChI=1S/C14H18N2O3/c1-16(2)14(18)10-5-7-11(8-6-10)15-13(17)12-4-3-9-19-12/h5-8,12H,3-4,9H2,1-2H3,(H,15,17)/t12-/m0/s1. The van der Waals surface area contributed by atoms with Crippen molar-refractivity contribution in [3.05, 3.63) is 29.8 Å². The van der Waals surface area contributed by atoms with Crippen LogP contribution in [0.5, 0.6) is 0 Å². The van der Waals surface area contributed by atoms with E-state index in [-0.39, 0.29) is 17.9 Å². The summed E-state index contributed by atoms with van der Waals surface area (Å²) in [5.41, 5.74) is 1.27. The second kappa shape index (κ2) is 5.84. The van der Waals surface area contributed by atoms with E-state index in [2.05, 4.69) is 5.32 Å². The fourth-order valence-electron chi connectivity index (χ4n) is 1.96. The fourth-order valence-corrected chi connectivity index (χ4v) is 1.96. The van der Waals surface area contributed by atoms with E-state index >= 15 is 0 Å². The third-order valence-corrected chi connectivity index (χ3v) is 3.03. The maximum Gasteiger partial charge on any atom is 0.253 e. The Morgan fingerprint density at radius 3 is 2.47 bits per heavy atom. The number of carbonyl (C=O) groups is 2. The zero-order valence-corrected chi connectivity index (χ0v) is 11.2. The van der Waals surface area contributed by atoms with Gasteiger partial charge < -0.3 is 15.0 Å². The van der Waals surface area contributed by atoms with Crippen molar-refractivity contribution in [1.29, 1.82) is 0 Å². The lowest BCUT2D eigenvalue weighted by Crippen LogP contribution is -2.27. The molecule has 5 nitrogen and oxygen atoms in total. The van der Waals surface area contributed by atoms with Crippen LogP contribution in [0.25, 0.3) is 0 Å². The Labute approximate surface area is 112 Å². The molecule has 0 aromatic heterocycles. The van der Waals surface area contributed by atoms with Crippen LogP contribution in [0.4, 0.5) is 5.69 Å². The van der Waals surface area contributed by atoms with E-state index in [0.29, 0.717) is 17.9 Å². The van der Waals surface area contributed by atoms with Crippen molar-refractivity contribution < 1.29 is 14.3 Å². The summed E-state index contributed by atoms with van der Waals surface area (Å²) < 4.78 is 5.31. The van der Waals surface area contributed by atoms with E-state index in [0.717, 1.165) is 12.8 Å². The highest BCUT2D eigenvalue weighted by atomic mass is 16.5. The fraction of sp³-hybridized carbons (Fsp3) is 0.429. The molecule has 2 amide bonds. The molecule has 1 N–H and O–H groups in total. The van der Waals surface area contributed by atoms with Crippen LogP contribution in [0.15, 0.2) is 24.3 Å². The molecule has 1 saturated heterocycles. The van der Waals surface area contributed by atoms with Crippen molar-refractivity contribution in [1.82, 2.24) is 4.90 Å². The van der Waals surface area contributed by atoms with Gasteiger partial charge in [0.1, 0.15) is 6.10 Å². The van der Waals surface area contributed by atoms with Crippen molar-refractivity contribution in [3.63, 3.8) is 0 Å². The van der Waals surface area contributed by atoms with Gasteiger partial charge in [-0.15, -0.1) is 0 Å². The average Bonchev–Trinajstić information content (AvgIpc) is 2.92. The number of benzene rings is 1. The molecule has 1 aromatic rings. The van der Waals surface area contributed by atoms with Gasteiger partial charge in [0.05, 0.1) is 0 Å². The van der Waals surface area contributed by atoms with Crippen LogP contribution in [-0.4, -0.2) is 43.5 Å². The molecular weight excluding hydrogens is 244 g/mol. The number of rotatable bonds is 3. The van der Waals surface area contributed by atoms with Crippen LogP contribution in [0.2, 0.25) is 0 Å². The first-order valence-corrected chi connectivity index (χ1v) is 6.32. The summed E-state index contributed by atoms with van der Waals surface area (Å²) in [6, 6.07) is 6.86. The SMILES string of the molecule is CN(C)C(=O)c1ccc(NC(=O)[C@@H]2CCCO2)cc1. The Kier molecular flexibility index (Phi) is 4.16. The Morgan fingerprint density at radius 2 is 1.95 bits per heavy atom. The quantitative estimate of drug-likeness (QED) is 0.898. The summed E-state index contributed by atoms with van der Waals surface area (Å²) in [6.07, 6.45) is 1.35. The molecule has 19 heavy (non-hydrogen) atoms. The molecule has 5 heteroatoms. The van der Waals surface area contributed by atoms with Gasteiger partial charge in [-0.05, 0) is 37.1 Å². The molecule has 0 saturated carbocycles. The van der Waals surface area contributed by atoms with E-state index < -0.39 is 0 Å². The topological polar surface area (TPSA) is 58.6 Å². The van der Waals surface area contributed by atoms with Gasteiger partial charge in [0.15, 0.2) is 0 Å². The van der Waals surface area contributed by atoms with Crippen LogP contribution in [-0.2, 0) is 9.53 Å². The van der Waals surface area contributed by atoms with Crippen LogP contribution in [0.3, 0.4) is 0 Å². The van der Waals surface area contributed by atoms with E-state index in [9.17, 15) is 9.59 Å². The lowest BCUT2D eigenvalue weighted by atomic mass is 10.1. The highest BCUT2D eigenvalue weighted by Gasteiger charge is 2.23. The Balaban J connectivity index is 1.98. The number of hydrogen-bond acceptors (Lipinski definition) is 3. The summed E-state index contributed by atoms with van der Waals surface area (Å²) >= 11 is 0. The predicted molar refractivity (Wildman–Crippen MR) is 72.1 cm³/mol. The lowest BCUT2D eigenvalue weighted by Gasteiger charge is -2.12. The van der Waals surface area contributed by atoms with Crippen LogP contribution < -0.4 is 5.32 Å². The van der Waals surface area contributed by atoms with E-state index in [4.69, 9.17) is 4.74 Å². The van der Waals surface area contributed by atoms with Crippen molar-refractivity contribution >= 4 is 17.5 Å². The minimum absolute atomic E-state index is 0.0583. The van der Waals surface area contributed by atoms with Gasteiger partial charge in [-0.2, -0.15) is 0 Å². The molecule has 1 aliphatic heterocycles. The van der Waals surface area contributed by atoms with E-state index in [1.165, 1.54) is 4.90 Å². The van der Waals surface area contributed by atoms with Crippen LogP contribution in [0.1, 0.15) is 23.2 Å². The van der Waals surface area contributed by atoms with Crippen molar-refractivity contribution in [2.24, 2.45) is 0 Å². The van der Waals surface area contributed by atoms with Gasteiger partial charge in [0, 0.05) is 32.0 Å². The lowest BCUT2D eigenvalue weighted by molar-refractivity contribution is -0.124. The molecule has 1 fully saturated rings. The first kappa shape index (κ1) is 13.5. The van der Waals surface area contributed by atoms with Gasteiger partial charge in [-0.3, -0.25) is 9.59 Å². The van der Waals surface area contributed by atoms with Crippen molar-refractivity contribution in [3.8, 4) is 0 Å². The predicted octanol–water partition coefficient (Wildman–Crippen LogP) is 1.51. The monoisotopic (exact) mass is 262 g/mol. The summed E-state index contributed by atoms with van der Waals surface area (Å²) in [5.74, 6) is -0.179. The third-order valence-electron chi connectivity index (χ3n) is 3.03. The highest BCUT2D eigenvalue weighted by Crippen LogP contribution is 2.16. The number of carbonyl (C=O) groups excluding carboxylic acids is 2. The maximum atomic E-state index is 11.8. The first-order valence-electron chi connectivity index (χ1n) is 6.32. The molecule has 1 atom stereocenters. The normalized spacial score (nSPS) is 18.1. The largest absolute Gasteiger partial charge is 0.368 e. The molecular formula is C14H18N2O3. The van der Waals surface area contributed by atoms with Crippen LogP contribution in [0, 0.1) is 0 Å². The smallest absolute Gasteiger partial charge is 0.253 e. The van der Waals surface area contributed by atoms with E-state index in [1.54, 1.807) is 38.4 Å². The number of nitrogens with one attached hydrogen (secondary N) is 1. The molecule has 102 valence electrons. The van der Waals surface area contributed by atoms with Crippen LogP contribution >= 0.6 is 0 Å². The van der Waals surface area contributed by atoms with Gasteiger partial charge in [0.2, 0.25) is 0 Å². The minimum Gasteiger partial charge on any atom is -0.368 e. The average molecular weight is 262 g/mol. The Morgan fingerprint density at radius 1 is 1.26 bits per heavy atom. The third kappa shape index (κ3) is 3.32. The Hall–Kier alpha value is -1.88. The van der Waals surface area contributed by atoms with E-state index in [1.807, 2.05) is 0 Å². The molecule has 0 aliphatic carbocycles. The minimum atomic E-state index is -0.344. The summed E-state index contributed by atoms with van der Waals surface area (Å²) in [6.45, 7) is 0.647. The van der Waals surface area contributed by atoms with Gasteiger partial charge >= 0.3 is 0 Å². The van der Waals surface area contributed by atoms with Crippen molar-refractivity contribution in [2.75, 3.05) is 26.0 Å². The van der Waals surface area contributed by atoms with Gasteiger partial charge in [0.25, 0.3) is 11.8 Å². The second-order valence-electron chi connectivity index (χ2n) is 4.77. The summed E-state index contributed by atoms with van der Waals surface area (Å²) in [5, 5.41) is 2.79.